The number of benzene rings is 2. The lowest BCUT2D eigenvalue weighted by molar-refractivity contribution is 0.340. The molecule has 4 aromatic rings. The first-order valence-corrected chi connectivity index (χ1v) is 12.4. The molecule has 1 saturated heterocycles. The highest BCUT2D eigenvalue weighted by Gasteiger charge is 2.23. The average Bonchev–Trinajstić information content (AvgIpc) is 3.42. The normalized spacial score (nSPS) is 16.3. The summed E-state index contributed by atoms with van der Waals surface area (Å²) < 4.78 is 2.33. The van der Waals surface area contributed by atoms with E-state index in [0.29, 0.717) is 15.6 Å². The highest BCUT2D eigenvalue weighted by Crippen LogP contribution is 2.32. The van der Waals surface area contributed by atoms with E-state index < -0.39 is 0 Å². The van der Waals surface area contributed by atoms with Crippen molar-refractivity contribution in [2.45, 2.75) is 13.3 Å². The number of fused-ring (bicyclic) bond motifs is 1. The van der Waals surface area contributed by atoms with E-state index >= 15 is 0 Å². The summed E-state index contributed by atoms with van der Waals surface area (Å²) in [5, 5.41) is 0.696. The van der Waals surface area contributed by atoms with Gasteiger partial charge >= 0.3 is 0 Å². The number of hydrogen-bond donors (Lipinski definition) is 0. The Bertz CT molecular complexity index is 1360. The summed E-state index contributed by atoms with van der Waals surface area (Å²) in [5.41, 5.74) is 4.90. The first-order chi connectivity index (χ1) is 15.9. The molecule has 0 aliphatic carbocycles. The van der Waals surface area contributed by atoms with E-state index in [2.05, 4.69) is 47.9 Å². The summed E-state index contributed by atoms with van der Waals surface area (Å²) in [7, 11) is 4.27. The number of halogens is 1. The SMILES string of the molecule is Cc1cc(N2CCC(CN(C)C)C2)ccc1-n1cnc2cc(-c3ccc(Cl)cc3)sc2c1=O. The molecular formula is C26H27ClN4OS. The number of hydrogen-bond acceptors (Lipinski definition) is 5. The predicted octanol–water partition coefficient (Wildman–Crippen LogP) is 5.46. The lowest BCUT2D eigenvalue weighted by Gasteiger charge is -2.21. The van der Waals surface area contributed by atoms with Gasteiger partial charge in [0, 0.05) is 35.2 Å². The van der Waals surface area contributed by atoms with Crippen LogP contribution in [0.1, 0.15) is 12.0 Å². The lowest BCUT2D eigenvalue weighted by Crippen LogP contribution is -2.25. The molecular weight excluding hydrogens is 452 g/mol. The molecule has 1 fully saturated rings. The van der Waals surface area contributed by atoms with Crippen molar-refractivity contribution in [1.82, 2.24) is 14.5 Å². The number of rotatable bonds is 5. The Kier molecular flexibility index (Phi) is 5.99. The first-order valence-electron chi connectivity index (χ1n) is 11.2. The fourth-order valence-electron chi connectivity index (χ4n) is 4.68. The van der Waals surface area contributed by atoms with Gasteiger partial charge in [-0.3, -0.25) is 9.36 Å². The Labute approximate surface area is 202 Å². The van der Waals surface area contributed by atoms with Gasteiger partial charge < -0.3 is 9.80 Å². The van der Waals surface area contributed by atoms with Crippen molar-refractivity contribution in [3.05, 3.63) is 75.8 Å². The van der Waals surface area contributed by atoms with Gasteiger partial charge in [0.2, 0.25) is 0 Å². The average molecular weight is 479 g/mol. The summed E-state index contributed by atoms with van der Waals surface area (Å²) >= 11 is 7.49. The third kappa shape index (κ3) is 4.43. The van der Waals surface area contributed by atoms with Crippen LogP contribution in [0.3, 0.4) is 0 Å². The van der Waals surface area contributed by atoms with Gasteiger partial charge in [0.05, 0.1) is 11.2 Å². The van der Waals surface area contributed by atoms with Crippen molar-refractivity contribution in [2.75, 3.05) is 38.6 Å². The number of thiophene rings is 1. The zero-order valence-corrected chi connectivity index (χ0v) is 20.7. The Morgan fingerprint density at radius 3 is 2.67 bits per heavy atom. The van der Waals surface area contributed by atoms with Crippen molar-refractivity contribution in [1.29, 1.82) is 0 Å². The fraction of sp³-hybridized carbons (Fsp3) is 0.308. The maximum atomic E-state index is 13.4. The number of nitrogens with zero attached hydrogens (tertiary/aromatic N) is 4. The largest absolute Gasteiger partial charge is 0.371 e. The minimum Gasteiger partial charge on any atom is -0.371 e. The molecule has 5 nitrogen and oxygen atoms in total. The molecule has 170 valence electrons. The fourth-order valence-corrected chi connectivity index (χ4v) is 5.85. The molecule has 5 rings (SSSR count). The second kappa shape index (κ2) is 8.93. The zero-order valence-electron chi connectivity index (χ0n) is 19.1. The highest BCUT2D eigenvalue weighted by atomic mass is 35.5. The van der Waals surface area contributed by atoms with Gasteiger partial charge in [-0.2, -0.15) is 0 Å². The van der Waals surface area contributed by atoms with Crippen LogP contribution < -0.4 is 10.5 Å². The third-order valence-electron chi connectivity index (χ3n) is 6.28. The minimum absolute atomic E-state index is 0.0340. The predicted molar refractivity (Wildman–Crippen MR) is 139 cm³/mol. The molecule has 0 spiro atoms. The van der Waals surface area contributed by atoms with Crippen molar-refractivity contribution in [3.8, 4) is 16.1 Å². The molecule has 2 aromatic carbocycles. The van der Waals surface area contributed by atoms with Crippen molar-refractivity contribution in [3.63, 3.8) is 0 Å². The van der Waals surface area contributed by atoms with Gasteiger partial charge in [-0.15, -0.1) is 11.3 Å². The van der Waals surface area contributed by atoms with Gasteiger partial charge in [-0.05, 0) is 80.9 Å². The van der Waals surface area contributed by atoms with E-state index in [0.717, 1.165) is 46.8 Å². The maximum Gasteiger partial charge on any atom is 0.275 e. The van der Waals surface area contributed by atoms with Crippen molar-refractivity contribution >= 4 is 38.8 Å². The monoisotopic (exact) mass is 478 g/mol. The van der Waals surface area contributed by atoms with Crippen LogP contribution in [0.2, 0.25) is 5.02 Å². The van der Waals surface area contributed by atoms with Crippen LogP contribution in [-0.4, -0.2) is 48.2 Å². The molecule has 0 saturated carbocycles. The number of aromatic nitrogens is 2. The second-order valence-electron chi connectivity index (χ2n) is 9.09. The quantitative estimate of drug-likeness (QED) is 0.381. The summed E-state index contributed by atoms with van der Waals surface area (Å²) in [6.45, 7) is 5.34. The molecule has 0 amide bonds. The smallest absolute Gasteiger partial charge is 0.275 e. The van der Waals surface area contributed by atoms with Crippen molar-refractivity contribution in [2.24, 2.45) is 5.92 Å². The minimum atomic E-state index is -0.0340. The Balaban J connectivity index is 1.45. The van der Waals surface area contributed by atoms with Crippen LogP contribution in [-0.2, 0) is 0 Å². The van der Waals surface area contributed by atoms with Crippen LogP contribution >= 0.6 is 22.9 Å². The van der Waals surface area contributed by atoms with Gasteiger partial charge in [0.1, 0.15) is 11.0 Å². The molecule has 0 N–H and O–H groups in total. The van der Waals surface area contributed by atoms with Crippen molar-refractivity contribution < 1.29 is 0 Å². The molecule has 33 heavy (non-hydrogen) atoms. The van der Waals surface area contributed by atoms with E-state index in [1.165, 1.54) is 23.4 Å². The number of aryl methyl sites for hydroxylation is 1. The second-order valence-corrected chi connectivity index (χ2v) is 10.6. The van der Waals surface area contributed by atoms with Gasteiger partial charge in [-0.25, -0.2) is 4.98 Å². The van der Waals surface area contributed by atoms with E-state index in [-0.39, 0.29) is 5.56 Å². The Morgan fingerprint density at radius 2 is 1.94 bits per heavy atom. The van der Waals surface area contributed by atoms with E-state index in [4.69, 9.17) is 11.6 Å². The molecule has 1 aliphatic heterocycles. The Hall–Kier alpha value is -2.67. The van der Waals surface area contributed by atoms with E-state index in [1.54, 1.807) is 10.9 Å². The molecule has 0 bridgehead atoms. The standard InChI is InChI=1S/C26H27ClN4OS/c1-17-12-21(30-11-10-18(15-30)14-29(2)3)8-9-23(17)31-16-28-22-13-24(33-25(22)26(31)32)19-4-6-20(27)7-5-19/h4-9,12-13,16,18H,10-11,14-15H2,1-3H3. The van der Waals surface area contributed by atoms with Gasteiger partial charge in [0.25, 0.3) is 5.56 Å². The van der Waals surface area contributed by atoms with Crippen LogP contribution in [0.5, 0.6) is 0 Å². The summed E-state index contributed by atoms with van der Waals surface area (Å²) in [4.78, 5) is 23.7. The molecule has 0 radical (unpaired) electrons. The lowest BCUT2D eigenvalue weighted by atomic mass is 10.1. The van der Waals surface area contributed by atoms with Crippen LogP contribution in [0.15, 0.2) is 59.7 Å². The highest BCUT2D eigenvalue weighted by molar-refractivity contribution is 7.22. The molecule has 2 aromatic heterocycles. The first kappa shape index (κ1) is 22.1. The van der Waals surface area contributed by atoms with E-state index in [1.807, 2.05) is 36.4 Å². The topological polar surface area (TPSA) is 41.4 Å². The molecule has 1 atom stereocenters. The zero-order chi connectivity index (χ0) is 23.1. The third-order valence-corrected chi connectivity index (χ3v) is 7.69. The molecule has 7 heteroatoms. The number of anilines is 1. The van der Waals surface area contributed by atoms with Gasteiger partial charge in [0.15, 0.2) is 0 Å². The maximum absolute atomic E-state index is 13.4. The summed E-state index contributed by atoms with van der Waals surface area (Å²) in [6, 6.07) is 16.0. The Morgan fingerprint density at radius 1 is 1.15 bits per heavy atom. The van der Waals surface area contributed by atoms with Crippen LogP contribution in [0, 0.1) is 12.8 Å². The molecule has 1 aliphatic rings. The summed E-state index contributed by atoms with van der Waals surface area (Å²) in [5.74, 6) is 0.697. The molecule has 3 heterocycles. The van der Waals surface area contributed by atoms with E-state index in [9.17, 15) is 4.79 Å². The van der Waals surface area contributed by atoms with Crippen LogP contribution in [0.4, 0.5) is 5.69 Å². The van der Waals surface area contributed by atoms with Gasteiger partial charge in [-0.1, -0.05) is 23.7 Å². The summed E-state index contributed by atoms with van der Waals surface area (Å²) in [6.07, 6.45) is 2.86. The van der Waals surface area contributed by atoms with Crippen LogP contribution in [0.25, 0.3) is 26.3 Å². The molecule has 1 unspecified atom stereocenters.